The quantitative estimate of drug-likeness (QED) is 0.886. The van der Waals surface area contributed by atoms with E-state index in [0.717, 1.165) is 32.4 Å². The van der Waals surface area contributed by atoms with Crippen molar-refractivity contribution >= 4 is 5.91 Å². The molecule has 1 amide bonds. The summed E-state index contributed by atoms with van der Waals surface area (Å²) >= 11 is 0. The number of para-hydroxylation sites is 1. The lowest BCUT2D eigenvalue weighted by Gasteiger charge is -2.43. The highest BCUT2D eigenvalue weighted by Crippen LogP contribution is 2.33. The first kappa shape index (κ1) is 15.3. The second kappa shape index (κ2) is 6.26. The molecule has 2 heterocycles. The number of fused-ring (bicyclic) bond motifs is 1. The molecule has 0 aromatic heterocycles. The molecule has 2 aliphatic heterocycles. The van der Waals surface area contributed by atoms with E-state index in [9.17, 15) is 9.90 Å². The number of rotatable bonds is 3. The van der Waals surface area contributed by atoms with Crippen LogP contribution < -0.4 is 10.1 Å². The SMILES string of the molecule is CCC(CO)N1CCC2(CC1)CNC(=O)c1ccccc1O2. The van der Waals surface area contributed by atoms with Gasteiger partial charge in [0, 0.05) is 32.0 Å². The van der Waals surface area contributed by atoms with Crippen LogP contribution in [-0.4, -0.2) is 53.8 Å². The average Bonchev–Trinajstić information content (AvgIpc) is 2.69. The number of hydrogen-bond donors (Lipinski definition) is 2. The van der Waals surface area contributed by atoms with Crippen molar-refractivity contribution in [3.8, 4) is 5.75 Å². The zero-order chi connectivity index (χ0) is 15.6. The average molecular weight is 304 g/mol. The highest BCUT2D eigenvalue weighted by atomic mass is 16.5. The van der Waals surface area contributed by atoms with E-state index in [1.807, 2.05) is 18.2 Å². The van der Waals surface area contributed by atoms with Crippen LogP contribution in [0, 0.1) is 0 Å². The number of carbonyl (C=O) groups excluding carboxylic acids is 1. The van der Waals surface area contributed by atoms with E-state index in [2.05, 4.69) is 17.1 Å². The number of nitrogens with zero attached hydrogens (tertiary/aromatic N) is 1. The number of benzene rings is 1. The summed E-state index contributed by atoms with van der Waals surface area (Å²) in [6, 6.07) is 7.66. The summed E-state index contributed by atoms with van der Waals surface area (Å²) in [5.41, 5.74) is 0.288. The summed E-state index contributed by atoms with van der Waals surface area (Å²) in [5.74, 6) is 0.622. The van der Waals surface area contributed by atoms with Gasteiger partial charge in [-0.2, -0.15) is 0 Å². The smallest absolute Gasteiger partial charge is 0.255 e. The van der Waals surface area contributed by atoms with E-state index in [4.69, 9.17) is 4.74 Å². The van der Waals surface area contributed by atoms with Crippen molar-refractivity contribution in [3.05, 3.63) is 29.8 Å². The van der Waals surface area contributed by atoms with Gasteiger partial charge < -0.3 is 15.2 Å². The minimum absolute atomic E-state index is 0.0586. The van der Waals surface area contributed by atoms with Gasteiger partial charge >= 0.3 is 0 Å². The number of nitrogens with one attached hydrogen (secondary N) is 1. The number of hydrogen-bond acceptors (Lipinski definition) is 4. The number of amides is 1. The molecule has 1 aromatic rings. The predicted octanol–water partition coefficient (Wildman–Crippen LogP) is 1.41. The van der Waals surface area contributed by atoms with Gasteiger partial charge in [-0.25, -0.2) is 0 Å². The van der Waals surface area contributed by atoms with Crippen LogP contribution in [0.15, 0.2) is 24.3 Å². The number of likely N-dealkylation sites (tertiary alicyclic amines) is 1. The Morgan fingerprint density at radius 2 is 2.09 bits per heavy atom. The van der Waals surface area contributed by atoms with Crippen LogP contribution in [0.25, 0.3) is 0 Å². The molecule has 2 N–H and O–H groups in total. The molecule has 120 valence electrons. The van der Waals surface area contributed by atoms with Crippen LogP contribution in [0.5, 0.6) is 5.75 Å². The molecule has 5 nitrogen and oxygen atoms in total. The molecule has 1 aromatic carbocycles. The highest BCUT2D eigenvalue weighted by Gasteiger charge is 2.40. The van der Waals surface area contributed by atoms with E-state index in [-0.39, 0.29) is 24.2 Å². The number of carbonyl (C=O) groups is 1. The monoisotopic (exact) mass is 304 g/mol. The minimum Gasteiger partial charge on any atom is -0.485 e. The molecule has 1 unspecified atom stereocenters. The van der Waals surface area contributed by atoms with Gasteiger partial charge in [0.15, 0.2) is 0 Å². The lowest BCUT2D eigenvalue weighted by molar-refractivity contribution is -0.0144. The first-order valence-electron chi connectivity index (χ1n) is 8.08. The maximum absolute atomic E-state index is 12.2. The van der Waals surface area contributed by atoms with Crippen molar-refractivity contribution < 1.29 is 14.6 Å². The van der Waals surface area contributed by atoms with Crippen LogP contribution in [0.3, 0.4) is 0 Å². The summed E-state index contributed by atoms with van der Waals surface area (Å²) in [5, 5.41) is 12.5. The van der Waals surface area contributed by atoms with Crippen molar-refractivity contribution in [2.45, 2.75) is 37.8 Å². The second-order valence-corrected chi connectivity index (χ2v) is 6.24. The van der Waals surface area contributed by atoms with E-state index < -0.39 is 0 Å². The molecule has 5 heteroatoms. The van der Waals surface area contributed by atoms with Gasteiger partial charge in [0.05, 0.1) is 18.7 Å². The van der Waals surface area contributed by atoms with E-state index in [0.29, 0.717) is 17.9 Å². The number of aliphatic hydroxyl groups excluding tert-OH is 1. The fourth-order valence-corrected chi connectivity index (χ4v) is 3.43. The molecule has 0 radical (unpaired) electrons. The fourth-order valence-electron chi connectivity index (χ4n) is 3.43. The van der Waals surface area contributed by atoms with Crippen LogP contribution in [0.1, 0.15) is 36.5 Å². The first-order chi connectivity index (χ1) is 10.7. The molecule has 3 rings (SSSR count). The standard InChI is InChI=1S/C17H24N2O3/c1-2-13(11-20)19-9-7-17(8-10-19)12-18-16(21)14-5-3-4-6-15(14)22-17/h3-6,13,20H,2,7-12H2,1H3,(H,18,21). The molecule has 0 saturated carbocycles. The molecule has 0 aliphatic carbocycles. The third-order valence-electron chi connectivity index (χ3n) is 4.94. The van der Waals surface area contributed by atoms with Gasteiger partial charge in [-0.05, 0) is 18.6 Å². The summed E-state index contributed by atoms with van der Waals surface area (Å²) in [6.07, 6.45) is 2.67. The lowest BCUT2D eigenvalue weighted by Crippen LogP contribution is -2.55. The zero-order valence-corrected chi connectivity index (χ0v) is 13.0. The van der Waals surface area contributed by atoms with Crippen LogP contribution >= 0.6 is 0 Å². The normalized spacial score (nSPS) is 22.4. The first-order valence-corrected chi connectivity index (χ1v) is 8.08. The van der Waals surface area contributed by atoms with Gasteiger partial charge in [0.1, 0.15) is 11.4 Å². The molecular formula is C17H24N2O3. The number of piperidine rings is 1. The van der Waals surface area contributed by atoms with Gasteiger partial charge in [-0.3, -0.25) is 9.69 Å². The third kappa shape index (κ3) is 2.83. The Morgan fingerprint density at radius 1 is 1.36 bits per heavy atom. The Hall–Kier alpha value is -1.59. The molecule has 2 aliphatic rings. The summed E-state index contributed by atoms with van der Waals surface area (Å²) in [4.78, 5) is 14.5. The third-order valence-corrected chi connectivity index (χ3v) is 4.94. The van der Waals surface area contributed by atoms with Crippen LogP contribution in [-0.2, 0) is 0 Å². The molecule has 0 bridgehead atoms. The summed E-state index contributed by atoms with van der Waals surface area (Å²) in [7, 11) is 0. The van der Waals surface area contributed by atoms with Crippen LogP contribution in [0.2, 0.25) is 0 Å². The van der Waals surface area contributed by atoms with E-state index in [1.165, 1.54) is 0 Å². The Kier molecular flexibility index (Phi) is 4.36. The predicted molar refractivity (Wildman–Crippen MR) is 84.1 cm³/mol. The highest BCUT2D eigenvalue weighted by molar-refractivity contribution is 5.97. The van der Waals surface area contributed by atoms with E-state index in [1.54, 1.807) is 6.07 Å². The van der Waals surface area contributed by atoms with Crippen LogP contribution in [0.4, 0.5) is 0 Å². The fraction of sp³-hybridized carbons (Fsp3) is 0.588. The van der Waals surface area contributed by atoms with Gasteiger partial charge in [-0.1, -0.05) is 19.1 Å². The number of aliphatic hydroxyl groups is 1. The van der Waals surface area contributed by atoms with Crippen molar-refractivity contribution in [2.75, 3.05) is 26.2 Å². The molecule has 1 fully saturated rings. The largest absolute Gasteiger partial charge is 0.485 e. The van der Waals surface area contributed by atoms with E-state index >= 15 is 0 Å². The maximum Gasteiger partial charge on any atom is 0.255 e. The Labute approximate surface area is 131 Å². The van der Waals surface area contributed by atoms with Crippen molar-refractivity contribution in [1.29, 1.82) is 0 Å². The maximum atomic E-state index is 12.2. The minimum atomic E-state index is -0.327. The second-order valence-electron chi connectivity index (χ2n) is 6.24. The van der Waals surface area contributed by atoms with Gasteiger partial charge in [-0.15, -0.1) is 0 Å². The summed E-state index contributed by atoms with van der Waals surface area (Å²) in [6.45, 7) is 4.62. The Balaban J connectivity index is 1.75. The molecule has 1 atom stereocenters. The van der Waals surface area contributed by atoms with Crippen molar-refractivity contribution in [1.82, 2.24) is 10.2 Å². The topological polar surface area (TPSA) is 61.8 Å². The van der Waals surface area contributed by atoms with Gasteiger partial charge in [0.25, 0.3) is 5.91 Å². The van der Waals surface area contributed by atoms with Crippen molar-refractivity contribution in [2.24, 2.45) is 0 Å². The molecule has 22 heavy (non-hydrogen) atoms. The molecular weight excluding hydrogens is 280 g/mol. The van der Waals surface area contributed by atoms with Crippen molar-refractivity contribution in [3.63, 3.8) is 0 Å². The molecule has 1 saturated heterocycles. The van der Waals surface area contributed by atoms with Gasteiger partial charge in [0.2, 0.25) is 0 Å². The summed E-state index contributed by atoms with van der Waals surface area (Å²) < 4.78 is 6.28. The Morgan fingerprint density at radius 3 is 2.77 bits per heavy atom. The number of ether oxygens (including phenoxy) is 1. The Bertz CT molecular complexity index is 534. The lowest BCUT2D eigenvalue weighted by atomic mass is 9.90. The molecule has 1 spiro atoms. The zero-order valence-electron chi connectivity index (χ0n) is 13.0.